The van der Waals surface area contributed by atoms with Crippen LogP contribution in [-0.2, 0) is 4.79 Å². The Hall–Kier alpha value is -2.56. The maximum Gasteiger partial charge on any atom is 0.197 e. The van der Waals surface area contributed by atoms with Gasteiger partial charge in [-0.3, -0.25) is 10.2 Å². The van der Waals surface area contributed by atoms with Gasteiger partial charge in [0.15, 0.2) is 5.78 Å². The van der Waals surface area contributed by atoms with Gasteiger partial charge in [0, 0.05) is 28.4 Å². The molecule has 4 nitrogen and oxygen atoms in total. The Morgan fingerprint density at radius 3 is 2.52 bits per heavy atom. The van der Waals surface area contributed by atoms with Gasteiger partial charge >= 0.3 is 0 Å². The third kappa shape index (κ3) is 4.10. The number of ketones is 1. The Morgan fingerprint density at radius 2 is 1.84 bits per heavy atom. The van der Waals surface area contributed by atoms with E-state index >= 15 is 0 Å². The average Bonchev–Trinajstić information content (AvgIpc) is 2.60. The van der Waals surface area contributed by atoms with Gasteiger partial charge in [-0.1, -0.05) is 48.0 Å². The molecule has 2 aromatic carbocycles. The number of nitrogens with one attached hydrogen (secondary N) is 2. The predicted molar refractivity (Wildman–Crippen MR) is 107 cm³/mol. The Labute approximate surface area is 157 Å². The van der Waals surface area contributed by atoms with E-state index in [-0.39, 0.29) is 29.6 Å². The smallest absolute Gasteiger partial charge is 0.197 e. The maximum absolute atomic E-state index is 13.0. The highest BCUT2D eigenvalue weighted by Gasteiger charge is 2.22. The summed E-state index contributed by atoms with van der Waals surface area (Å²) in [5, 5.41) is 11.6. The van der Waals surface area contributed by atoms with E-state index in [2.05, 4.69) is 5.32 Å². The zero-order valence-electron chi connectivity index (χ0n) is 13.3. The first-order valence-corrected chi connectivity index (χ1v) is 7.84. The molecule has 128 valence electrons. The van der Waals surface area contributed by atoms with E-state index in [0.29, 0.717) is 17.1 Å². The van der Waals surface area contributed by atoms with Crippen molar-refractivity contribution in [1.29, 1.82) is 5.41 Å². The van der Waals surface area contributed by atoms with Crippen LogP contribution in [0, 0.1) is 5.41 Å². The third-order valence-corrected chi connectivity index (χ3v) is 4.03. The van der Waals surface area contributed by atoms with Crippen LogP contribution < -0.4 is 11.1 Å². The lowest BCUT2D eigenvalue weighted by Gasteiger charge is -2.19. The molecular formula is C19H17Cl2N3O. The van der Waals surface area contributed by atoms with Gasteiger partial charge in [0.1, 0.15) is 5.84 Å². The number of amidine groups is 1. The van der Waals surface area contributed by atoms with E-state index in [1.807, 2.05) is 30.3 Å². The minimum absolute atomic E-state index is 0. The lowest BCUT2D eigenvalue weighted by atomic mass is 9.92. The Morgan fingerprint density at radius 1 is 1.16 bits per heavy atom. The van der Waals surface area contributed by atoms with Gasteiger partial charge in [-0.05, 0) is 29.8 Å². The number of para-hydroxylation sites is 1. The van der Waals surface area contributed by atoms with Crippen molar-refractivity contribution in [2.45, 2.75) is 0 Å². The molecule has 0 radical (unpaired) electrons. The largest absolute Gasteiger partial charge is 0.384 e. The molecule has 0 fully saturated rings. The van der Waals surface area contributed by atoms with E-state index in [0.717, 1.165) is 16.8 Å². The molecule has 2 aromatic rings. The van der Waals surface area contributed by atoms with Gasteiger partial charge < -0.3 is 11.1 Å². The highest BCUT2D eigenvalue weighted by molar-refractivity contribution is 6.40. The first kappa shape index (κ1) is 18.8. The first-order valence-electron chi connectivity index (χ1n) is 7.46. The minimum Gasteiger partial charge on any atom is -0.384 e. The van der Waals surface area contributed by atoms with Crippen LogP contribution in [0.15, 0.2) is 60.2 Å². The van der Waals surface area contributed by atoms with Crippen LogP contribution in [0.2, 0.25) is 5.02 Å². The van der Waals surface area contributed by atoms with Crippen molar-refractivity contribution in [1.82, 2.24) is 0 Å². The number of carbonyl (C=O) groups excluding carboxylic acids is 1. The summed E-state index contributed by atoms with van der Waals surface area (Å²) >= 11 is 5.88. The lowest BCUT2D eigenvalue weighted by Crippen LogP contribution is -2.22. The number of hydrogen-bond donors (Lipinski definition) is 3. The van der Waals surface area contributed by atoms with E-state index < -0.39 is 0 Å². The molecule has 1 heterocycles. The molecule has 4 N–H and O–H groups in total. The highest BCUT2D eigenvalue weighted by atomic mass is 35.5. The van der Waals surface area contributed by atoms with Crippen molar-refractivity contribution in [3.05, 3.63) is 76.3 Å². The number of Topliss-reactive ketones (excluding diaryl/α,β-unsaturated/α-hetero) is 1. The average molecular weight is 374 g/mol. The number of hydrogen-bond acceptors (Lipinski definition) is 3. The molecule has 0 bridgehead atoms. The fourth-order valence-electron chi connectivity index (χ4n) is 2.60. The van der Waals surface area contributed by atoms with E-state index in [1.165, 1.54) is 0 Å². The van der Waals surface area contributed by atoms with Crippen molar-refractivity contribution in [3.63, 3.8) is 0 Å². The normalized spacial score (nSPS) is 13.0. The van der Waals surface area contributed by atoms with Gasteiger partial charge in [-0.2, -0.15) is 0 Å². The monoisotopic (exact) mass is 373 g/mol. The van der Waals surface area contributed by atoms with Crippen LogP contribution in [0.4, 0.5) is 5.69 Å². The fourth-order valence-corrected chi connectivity index (χ4v) is 2.72. The quantitative estimate of drug-likeness (QED) is 0.427. The van der Waals surface area contributed by atoms with Gasteiger partial charge in [0.05, 0.1) is 5.57 Å². The van der Waals surface area contributed by atoms with Gasteiger partial charge in [-0.15, -0.1) is 12.4 Å². The van der Waals surface area contributed by atoms with Gasteiger partial charge in [0.25, 0.3) is 0 Å². The molecule has 3 rings (SSSR count). The number of fused-ring (bicyclic) bond motifs is 1. The minimum atomic E-state index is -0.258. The third-order valence-electron chi connectivity index (χ3n) is 3.78. The van der Waals surface area contributed by atoms with E-state index in [1.54, 1.807) is 30.3 Å². The van der Waals surface area contributed by atoms with Crippen LogP contribution >= 0.6 is 24.0 Å². The number of benzene rings is 2. The molecule has 25 heavy (non-hydrogen) atoms. The standard InChI is InChI=1S/C19H16ClN3O.ClH/c20-13-7-5-12(6-8-13)11-16(19(21)22)18(24)15-9-10-23-17-4-2-1-3-14(15)17;/h1-9,11,23H,10H2,(H3,21,22);1H/b16-11-;. The topological polar surface area (TPSA) is 79.0 Å². The second-order valence-corrected chi connectivity index (χ2v) is 5.83. The molecule has 1 aliphatic heterocycles. The van der Waals surface area contributed by atoms with Crippen molar-refractivity contribution in [2.75, 3.05) is 11.9 Å². The zero-order chi connectivity index (χ0) is 17.1. The summed E-state index contributed by atoms with van der Waals surface area (Å²) in [5.41, 5.74) is 8.87. The molecule has 0 spiro atoms. The summed E-state index contributed by atoms with van der Waals surface area (Å²) < 4.78 is 0. The summed E-state index contributed by atoms with van der Waals surface area (Å²) in [7, 11) is 0. The summed E-state index contributed by atoms with van der Waals surface area (Å²) in [5.74, 6) is -0.515. The number of allylic oxidation sites excluding steroid dienone is 1. The number of rotatable bonds is 4. The van der Waals surface area contributed by atoms with Crippen LogP contribution in [0.3, 0.4) is 0 Å². The SMILES string of the molecule is Cl.N=C(N)/C(=C\c1ccc(Cl)cc1)C(=O)C1=CCNc2ccccc21. The molecule has 0 saturated carbocycles. The molecule has 0 aromatic heterocycles. The fraction of sp³-hybridized carbons (Fsp3) is 0.0526. The number of carbonyl (C=O) groups is 1. The summed E-state index contributed by atoms with van der Waals surface area (Å²) in [6, 6.07) is 14.6. The van der Waals surface area contributed by atoms with E-state index in [4.69, 9.17) is 22.7 Å². The Kier molecular flexibility index (Phi) is 6.02. The molecule has 0 atom stereocenters. The maximum atomic E-state index is 13.0. The molecule has 0 aliphatic carbocycles. The Bertz CT molecular complexity index is 870. The summed E-state index contributed by atoms with van der Waals surface area (Å²) in [6.45, 7) is 0.560. The molecule has 0 amide bonds. The zero-order valence-corrected chi connectivity index (χ0v) is 14.8. The molecule has 0 saturated heterocycles. The van der Waals surface area contributed by atoms with Crippen LogP contribution in [0.1, 0.15) is 11.1 Å². The summed E-state index contributed by atoms with van der Waals surface area (Å²) in [4.78, 5) is 13.0. The molecule has 6 heteroatoms. The van der Waals surface area contributed by atoms with Crippen molar-refractivity contribution in [3.8, 4) is 0 Å². The van der Waals surface area contributed by atoms with Crippen molar-refractivity contribution < 1.29 is 4.79 Å². The van der Waals surface area contributed by atoms with Crippen LogP contribution in [0.5, 0.6) is 0 Å². The molecule has 0 unspecified atom stereocenters. The molecular weight excluding hydrogens is 357 g/mol. The van der Waals surface area contributed by atoms with E-state index in [9.17, 15) is 4.79 Å². The van der Waals surface area contributed by atoms with Crippen LogP contribution in [-0.4, -0.2) is 18.2 Å². The highest BCUT2D eigenvalue weighted by Crippen LogP contribution is 2.30. The van der Waals surface area contributed by atoms with Gasteiger partial charge in [0.2, 0.25) is 0 Å². The number of anilines is 1. The van der Waals surface area contributed by atoms with Gasteiger partial charge in [-0.25, -0.2) is 0 Å². The predicted octanol–water partition coefficient (Wildman–Crippen LogP) is 4.16. The number of nitrogens with two attached hydrogens (primary N) is 1. The van der Waals surface area contributed by atoms with Crippen molar-refractivity contribution in [2.24, 2.45) is 5.73 Å². The Balaban J connectivity index is 0.00000225. The number of halogens is 2. The lowest BCUT2D eigenvalue weighted by molar-refractivity contribution is -0.110. The second kappa shape index (κ2) is 8.01. The first-order chi connectivity index (χ1) is 11.6. The summed E-state index contributed by atoms with van der Waals surface area (Å²) in [6.07, 6.45) is 3.44. The second-order valence-electron chi connectivity index (χ2n) is 5.40. The molecule has 1 aliphatic rings. The van der Waals surface area contributed by atoms with Crippen molar-refractivity contribution >= 4 is 53.0 Å². The van der Waals surface area contributed by atoms with Crippen LogP contribution in [0.25, 0.3) is 11.6 Å².